The molecule has 1 N–H and O–H groups in total. The van der Waals surface area contributed by atoms with Crippen molar-refractivity contribution >= 4 is 0 Å². The highest BCUT2D eigenvalue weighted by molar-refractivity contribution is 5.55. The Hall–Kier alpha value is -2.77. The van der Waals surface area contributed by atoms with Gasteiger partial charge in [0.25, 0.3) is 0 Å². The lowest BCUT2D eigenvalue weighted by Crippen LogP contribution is -2.30. The first-order chi connectivity index (χ1) is 13.6. The van der Waals surface area contributed by atoms with Gasteiger partial charge in [-0.1, -0.05) is 17.3 Å². The van der Waals surface area contributed by atoms with E-state index in [0.717, 1.165) is 29.8 Å². The number of nitrogens with one attached hydrogen (secondary N) is 1. The molecule has 146 valence electrons. The summed E-state index contributed by atoms with van der Waals surface area (Å²) in [5, 5.41) is 7.67. The van der Waals surface area contributed by atoms with Crippen LogP contribution < -0.4 is 10.1 Å². The van der Waals surface area contributed by atoms with Gasteiger partial charge in [-0.25, -0.2) is 4.39 Å². The number of nitrogens with zero attached hydrogens (tertiary/aromatic N) is 3. The number of benzene rings is 2. The van der Waals surface area contributed by atoms with E-state index in [2.05, 4.69) is 27.4 Å². The highest BCUT2D eigenvalue weighted by Gasteiger charge is 2.34. The molecule has 0 aliphatic carbocycles. The van der Waals surface area contributed by atoms with Crippen LogP contribution in [0.1, 0.15) is 23.9 Å². The number of likely N-dealkylation sites (N-methyl/N-ethyl adjacent to an activating group) is 1. The smallest absolute Gasteiger partial charge is 0.244 e. The molecular weight excluding hydrogens is 359 g/mol. The molecule has 1 saturated heterocycles. The summed E-state index contributed by atoms with van der Waals surface area (Å²) in [6.45, 7) is 1.58. The van der Waals surface area contributed by atoms with Gasteiger partial charge >= 0.3 is 0 Å². The molecule has 1 fully saturated rings. The Bertz CT molecular complexity index is 911. The Morgan fingerprint density at radius 2 is 1.93 bits per heavy atom. The van der Waals surface area contributed by atoms with E-state index in [0.29, 0.717) is 24.3 Å². The first-order valence-corrected chi connectivity index (χ1v) is 9.28. The maximum absolute atomic E-state index is 13.0. The largest absolute Gasteiger partial charge is 0.497 e. The van der Waals surface area contributed by atoms with Gasteiger partial charge in [-0.2, -0.15) is 4.98 Å². The number of aromatic nitrogens is 2. The molecule has 2 heterocycles. The molecule has 0 saturated carbocycles. The highest BCUT2D eigenvalue weighted by atomic mass is 19.1. The van der Waals surface area contributed by atoms with Gasteiger partial charge in [-0.3, -0.25) is 4.90 Å². The fraction of sp³-hybridized carbons (Fsp3) is 0.333. The predicted octanol–water partition coefficient (Wildman–Crippen LogP) is 3.42. The molecule has 1 aliphatic rings. The minimum atomic E-state index is -0.214. The van der Waals surface area contributed by atoms with Crippen LogP contribution >= 0.6 is 0 Å². The highest BCUT2D eigenvalue weighted by Crippen LogP contribution is 2.31. The zero-order valence-corrected chi connectivity index (χ0v) is 15.9. The number of rotatable bonds is 6. The van der Waals surface area contributed by atoms with E-state index in [1.807, 2.05) is 24.3 Å². The number of likely N-dealkylation sites (tertiary alicyclic amines) is 1. The first-order valence-electron chi connectivity index (χ1n) is 9.28. The van der Waals surface area contributed by atoms with Gasteiger partial charge in [0.1, 0.15) is 11.6 Å². The summed E-state index contributed by atoms with van der Waals surface area (Å²) >= 11 is 0. The summed E-state index contributed by atoms with van der Waals surface area (Å²) in [5.74, 6) is 1.78. The van der Waals surface area contributed by atoms with E-state index < -0.39 is 0 Å². The van der Waals surface area contributed by atoms with Crippen LogP contribution in [0.25, 0.3) is 11.4 Å². The fourth-order valence-electron chi connectivity index (χ4n) is 3.53. The van der Waals surface area contributed by atoms with Crippen LogP contribution in [0.3, 0.4) is 0 Å². The van der Waals surface area contributed by atoms with E-state index in [-0.39, 0.29) is 11.9 Å². The van der Waals surface area contributed by atoms with Crippen LogP contribution in [0.2, 0.25) is 0 Å². The monoisotopic (exact) mass is 382 g/mol. The molecular formula is C21H23FN4O2. The summed E-state index contributed by atoms with van der Waals surface area (Å²) in [5.41, 5.74) is 1.95. The van der Waals surface area contributed by atoms with Crippen molar-refractivity contribution in [1.29, 1.82) is 0 Å². The third-order valence-electron chi connectivity index (χ3n) is 5.13. The van der Waals surface area contributed by atoms with E-state index in [9.17, 15) is 4.39 Å². The summed E-state index contributed by atoms with van der Waals surface area (Å²) in [4.78, 5) is 6.82. The normalized spacial score (nSPS) is 19.8. The number of hydrogen-bond acceptors (Lipinski definition) is 6. The standard InChI is InChI=1S/C21H23FN4O2/c1-26-13-17(23-12-14-3-7-16(22)8-4-14)11-19(26)21-24-20(25-28-21)15-5-9-18(27-2)10-6-15/h3-10,17,19,23H,11-13H2,1-2H3/t17-,19-/m0/s1. The van der Waals surface area contributed by atoms with Crippen molar-refractivity contribution in [2.75, 3.05) is 20.7 Å². The third-order valence-corrected chi connectivity index (χ3v) is 5.13. The number of methoxy groups -OCH3 is 1. The molecule has 0 radical (unpaired) electrons. The van der Waals surface area contributed by atoms with Crippen LogP contribution in [0.4, 0.5) is 4.39 Å². The summed E-state index contributed by atoms with van der Waals surface area (Å²) in [6.07, 6.45) is 0.877. The second kappa shape index (κ2) is 8.08. The second-order valence-electron chi connectivity index (χ2n) is 7.08. The molecule has 1 aromatic heterocycles. The number of halogens is 1. The van der Waals surface area contributed by atoms with Crippen molar-refractivity contribution in [2.24, 2.45) is 0 Å². The van der Waals surface area contributed by atoms with Crippen molar-refractivity contribution in [1.82, 2.24) is 20.4 Å². The molecule has 0 amide bonds. The first kappa shape index (κ1) is 18.6. The Morgan fingerprint density at radius 3 is 2.64 bits per heavy atom. The topological polar surface area (TPSA) is 63.4 Å². The Balaban J connectivity index is 1.39. The molecule has 0 unspecified atom stereocenters. The zero-order valence-electron chi connectivity index (χ0n) is 15.9. The third kappa shape index (κ3) is 4.05. The lowest BCUT2D eigenvalue weighted by molar-refractivity contribution is 0.244. The van der Waals surface area contributed by atoms with Gasteiger partial charge < -0.3 is 14.6 Å². The SMILES string of the molecule is COc1ccc(-c2noc([C@@H]3C[C@H](NCc4ccc(F)cc4)CN3C)n2)cc1. The Morgan fingerprint density at radius 1 is 1.18 bits per heavy atom. The fourth-order valence-corrected chi connectivity index (χ4v) is 3.53. The molecule has 0 spiro atoms. The summed E-state index contributed by atoms with van der Waals surface area (Å²) in [6, 6.07) is 14.5. The van der Waals surface area contributed by atoms with E-state index in [1.165, 1.54) is 12.1 Å². The molecule has 1 aliphatic heterocycles. The summed E-state index contributed by atoms with van der Waals surface area (Å²) in [7, 11) is 3.69. The minimum absolute atomic E-state index is 0.0743. The average Bonchev–Trinajstić information content (AvgIpc) is 3.34. The van der Waals surface area contributed by atoms with Crippen LogP contribution in [-0.4, -0.2) is 41.8 Å². The van der Waals surface area contributed by atoms with Gasteiger partial charge in [0.2, 0.25) is 11.7 Å². The number of ether oxygens (including phenoxy) is 1. The van der Waals surface area contributed by atoms with Crippen molar-refractivity contribution in [2.45, 2.75) is 25.0 Å². The van der Waals surface area contributed by atoms with Gasteiger partial charge in [0, 0.05) is 24.7 Å². The molecule has 4 rings (SSSR count). The second-order valence-corrected chi connectivity index (χ2v) is 7.08. The van der Waals surface area contributed by atoms with Gasteiger partial charge in [-0.05, 0) is 55.4 Å². The quantitative estimate of drug-likeness (QED) is 0.705. The van der Waals surface area contributed by atoms with Crippen molar-refractivity contribution < 1.29 is 13.7 Å². The van der Waals surface area contributed by atoms with Crippen LogP contribution in [0.15, 0.2) is 53.1 Å². The van der Waals surface area contributed by atoms with Crippen molar-refractivity contribution in [3.8, 4) is 17.1 Å². The maximum Gasteiger partial charge on any atom is 0.244 e. The van der Waals surface area contributed by atoms with Gasteiger partial charge in [-0.15, -0.1) is 0 Å². The van der Waals surface area contributed by atoms with Crippen LogP contribution in [0, 0.1) is 5.82 Å². The Labute approximate surface area is 163 Å². The van der Waals surface area contributed by atoms with Crippen molar-refractivity contribution in [3.63, 3.8) is 0 Å². The average molecular weight is 382 g/mol. The zero-order chi connectivity index (χ0) is 19.5. The van der Waals surface area contributed by atoms with Crippen LogP contribution in [0.5, 0.6) is 5.75 Å². The molecule has 0 bridgehead atoms. The lowest BCUT2D eigenvalue weighted by atomic mass is 10.1. The molecule has 3 aromatic rings. The molecule has 2 aromatic carbocycles. The molecule has 7 heteroatoms. The number of hydrogen-bond donors (Lipinski definition) is 1. The van der Waals surface area contributed by atoms with E-state index in [1.54, 1.807) is 19.2 Å². The summed E-state index contributed by atoms with van der Waals surface area (Å²) < 4.78 is 23.8. The van der Waals surface area contributed by atoms with Gasteiger partial charge in [0.15, 0.2) is 0 Å². The lowest BCUT2D eigenvalue weighted by Gasteiger charge is -2.14. The minimum Gasteiger partial charge on any atom is -0.497 e. The van der Waals surface area contributed by atoms with Crippen LogP contribution in [-0.2, 0) is 6.54 Å². The Kier molecular flexibility index (Phi) is 5.36. The van der Waals surface area contributed by atoms with E-state index in [4.69, 9.17) is 9.26 Å². The predicted molar refractivity (Wildman–Crippen MR) is 103 cm³/mol. The molecule has 2 atom stereocenters. The molecule has 6 nitrogen and oxygen atoms in total. The maximum atomic E-state index is 13.0. The van der Waals surface area contributed by atoms with Crippen molar-refractivity contribution in [3.05, 3.63) is 65.8 Å². The molecule has 28 heavy (non-hydrogen) atoms. The van der Waals surface area contributed by atoms with Gasteiger partial charge in [0.05, 0.1) is 13.2 Å². The van der Waals surface area contributed by atoms with E-state index >= 15 is 0 Å².